The van der Waals surface area contributed by atoms with Crippen LogP contribution in [0.25, 0.3) is 17.0 Å². The first-order chi connectivity index (χ1) is 14.2. The average Bonchev–Trinajstić information content (AvgIpc) is 3.39. The SMILES string of the molecule is CCOc1ccccc1CNC(=O)Cn1ncn2nc(-c3ccco3)cc2c1=O. The van der Waals surface area contributed by atoms with E-state index in [2.05, 4.69) is 15.5 Å². The minimum absolute atomic E-state index is 0.201. The van der Waals surface area contributed by atoms with Crippen molar-refractivity contribution in [1.82, 2.24) is 24.7 Å². The van der Waals surface area contributed by atoms with E-state index in [1.807, 2.05) is 31.2 Å². The highest BCUT2D eigenvalue weighted by molar-refractivity contribution is 5.75. The molecule has 1 amide bonds. The molecule has 0 atom stereocenters. The zero-order chi connectivity index (χ0) is 20.2. The van der Waals surface area contributed by atoms with Crippen molar-refractivity contribution < 1.29 is 13.9 Å². The van der Waals surface area contributed by atoms with Crippen LogP contribution in [0.1, 0.15) is 12.5 Å². The first-order valence-corrected chi connectivity index (χ1v) is 9.12. The van der Waals surface area contributed by atoms with Gasteiger partial charge in [-0.05, 0) is 25.1 Å². The second-order valence-corrected chi connectivity index (χ2v) is 6.25. The smallest absolute Gasteiger partial charge is 0.293 e. The topological polar surface area (TPSA) is 104 Å². The minimum atomic E-state index is -0.414. The van der Waals surface area contributed by atoms with Gasteiger partial charge in [0.1, 0.15) is 29.8 Å². The fourth-order valence-electron chi connectivity index (χ4n) is 2.93. The molecule has 1 N–H and O–H groups in total. The number of ether oxygens (including phenoxy) is 1. The fourth-order valence-corrected chi connectivity index (χ4v) is 2.93. The summed E-state index contributed by atoms with van der Waals surface area (Å²) in [6.07, 6.45) is 2.92. The number of nitrogens with zero attached hydrogens (tertiary/aromatic N) is 4. The monoisotopic (exact) mass is 393 g/mol. The Morgan fingerprint density at radius 3 is 2.90 bits per heavy atom. The number of hydrogen-bond acceptors (Lipinski definition) is 6. The molecule has 148 valence electrons. The lowest BCUT2D eigenvalue weighted by Gasteiger charge is -2.11. The molecule has 0 saturated carbocycles. The Balaban J connectivity index is 1.48. The van der Waals surface area contributed by atoms with E-state index in [1.165, 1.54) is 17.1 Å². The molecule has 0 saturated heterocycles. The van der Waals surface area contributed by atoms with E-state index < -0.39 is 5.56 Å². The zero-order valence-electron chi connectivity index (χ0n) is 15.7. The number of rotatable bonds is 7. The number of nitrogens with one attached hydrogen (secondary N) is 1. The molecule has 0 aliphatic carbocycles. The Labute approximate surface area is 165 Å². The standard InChI is InChI=1S/C20H19N5O4/c1-2-28-17-7-4-3-6-14(17)11-21-19(26)12-24-20(27)16-10-15(18-8-5-9-29-18)23-25(16)13-22-24/h3-10,13H,2,11-12H2,1H3,(H,21,26). The summed E-state index contributed by atoms with van der Waals surface area (Å²) in [4.78, 5) is 25.0. The van der Waals surface area contributed by atoms with Crippen LogP contribution >= 0.6 is 0 Å². The van der Waals surface area contributed by atoms with Crippen LogP contribution in [0.15, 0.2) is 64.3 Å². The maximum Gasteiger partial charge on any atom is 0.293 e. The van der Waals surface area contributed by atoms with Gasteiger partial charge in [-0.15, -0.1) is 0 Å². The highest BCUT2D eigenvalue weighted by atomic mass is 16.5. The molecule has 29 heavy (non-hydrogen) atoms. The van der Waals surface area contributed by atoms with Gasteiger partial charge in [-0.25, -0.2) is 9.20 Å². The molecule has 9 nitrogen and oxygen atoms in total. The van der Waals surface area contributed by atoms with E-state index in [0.29, 0.717) is 30.1 Å². The van der Waals surface area contributed by atoms with Gasteiger partial charge < -0.3 is 14.5 Å². The van der Waals surface area contributed by atoms with E-state index in [0.717, 1.165) is 16.0 Å². The van der Waals surface area contributed by atoms with E-state index in [4.69, 9.17) is 9.15 Å². The fraction of sp³-hybridized carbons (Fsp3) is 0.200. The lowest BCUT2D eigenvalue weighted by molar-refractivity contribution is -0.122. The van der Waals surface area contributed by atoms with Gasteiger partial charge in [0.25, 0.3) is 5.56 Å². The highest BCUT2D eigenvalue weighted by Crippen LogP contribution is 2.18. The Bertz CT molecular complexity index is 1190. The van der Waals surface area contributed by atoms with Crippen molar-refractivity contribution in [2.45, 2.75) is 20.0 Å². The number of carbonyl (C=O) groups excluding carboxylic acids is 1. The van der Waals surface area contributed by atoms with Gasteiger partial charge in [0, 0.05) is 18.2 Å². The number of hydrogen-bond donors (Lipinski definition) is 1. The number of benzene rings is 1. The molecule has 1 aromatic carbocycles. The largest absolute Gasteiger partial charge is 0.494 e. The van der Waals surface area contributed by atoms with E-state index >= 15 is 0 Å². The summed E-state index contributed by atoms with van der Waals surface area (Å²) in [7, 11) is 0. The van der Waals surface area contributed by atoms with Crippen molar-refractivity contribution in [3.8, 4) is 17.2 Å². The second-order valence-electron chi connectivity index (χ2n) is 6.25. The van der Waals surface area contributed by atoms with Crippen molar-refractivity contribution in [1.29, 1.82) is 0 Å². The molecule has 0 spiro atoms. The molecule has 0 aliphatic heterocycles. The van der Waals surface area contributed by atoms with Crippen LogP contribution < -0.4 is 15.6 Å². The predicted octanol–water partition coefficient (Wildman–Crippen LogP) is 1.87. The molecule has 4 aromatic rings. The molecule has 4 rings (SSSR count). The molecule has 3 aromatic heterocycles. The van der Waals surface area contributed by atoms with Gasteiger partial charge >= 0.3 is 0 Å². The second kappa shape index (κ2) is 8.01. The first kappa shape index (κ1) is 18.5. The third-order valence-corrected chi connectivity index (χ3v) is 4.31. The van der Waals surface area contributed by atoms with Crippen molar-refractivity contribution in [2.24, 2.45) is 0 Å². The molecule has 0 bridgehead atoms. The average molecular weight is 393 g/mol. The number of fused-ring (bicyclic) bond motifs is 1. The Morgan fingerprint density at radius 1 is 1.24 bits per heavy atom. The Morgan fingerprint density at radius 2 is 2.10 bits per heavy atom. The molecule has 0 unspecified atom stereocenters. The third kappa shape index (κ3) is 3.88. The Kier molecular flexibility index (Phi) is 5.10. The van der Waals surface area contributed by atoms with Crippen molar-refractivity contribution in [3.05, 3.63) is 71.0 Å². The summed E-state index contributed by atoms with van der Waals surface area (Å²) in [6.45, 7) is 2.53. The molecule has 0 fully saturated rings. The molecule has 0 radical (unpaired) electrons. The molecular weight excluding hydrogens is 374 g/mol. The van der Waals surface area contributed by atoms with Crippen LogP contribution in [0.4, 0.5) is 0 Å². The summed E-state index contributed by atoms with van der Waals surface area (Å²) in [5, 5.41) is 11.1. The number of aromatic nitrogens is 4. The van der Waals surface area contributed by atoms with Crippen molar-refractivity contribution in [3.63, 3.8) is 0 Å². The molecule has 0 aliphatic rings. The van der Waals surface area contributed by atoms with E-state index in [-0.39, 0.29) is 12.5 Å². The summed E-state index contributed by atoms with van der Waals surface area (Å²) >= 11 is 0. The lowest BCUT2D eigenvalue weighted by Crippen LogP contribution is -2.34. The van der Waals surface area contributed by atoms with Gasteiger partial charge in [-0.2, -0.15) is 10.2 Å². The first-order valence-electron chi connectivity index (χ1n) is 9.12. The quantitative estimate of drug-likeness (QED) is 0.514. The number of amides is 1. The van der Waals surface area contributed by atoms with Crippen molar-refractivity contribution >= 4 is 11.4 Å². The summed E-state index contributed by atoms with van der Waals surface area (Å²) in [6, 6.07) is 12.6. The molecule has 3 heterocycles. The predicted molar refractivity (Wildman–Crippen MR) is 104 cm³/mol. The van der Waals surface area contributed by atoms with E-state index in [1.54, 1.807) is 18.2 Å². The maximum atomic E-state index is 12.7. The summed E-state index contributed by atoms with van der Waals surface area (Å²) in [5.41, 5.74) is 1.27. The number of para-hydroxylation sites is 1. The van der Waals surface area contributed by atoms with Gasteiger partial charge in [-0.3, -0.25) is 9.59 Å². The van der Waals surface area contributed by atoms with Crippen LogP contribution in [0.5, 0.6) is 5.75 Å². The number of furan rings is 1. The van der Waals surface area contributed by atoms with Crippen molar-refractivity contribution in [2.75, 3.05) is 6.61 Å². The van der Waals surface area contributed by atoms with E-state index in [9.17, 15) is 9.59 Å². The van der Waals surface area contributed by atoms with Crippen LogP contribution in [-0.4, -0.2) is 31.9 Å². The van der Waals surface area contributed by atoms with Gasteiger partial charge in [0.05, 0.1) is 12.9 Å². The van der Waals surface area contributed by atoms with Gasteiger partial charge in [0.2, 0.25) is 5.91 Å². The Hall–Kier alpha value is -3.88. The normalized spacial score (nSPS) is 10.9. The minimum Gasteiger partial charge on any atom is -0.494 e. The van der Waals surface area contributed by atoms with Crippen LogP contribution in [0, 0.1) is 0 Å². The number of carbonyl (C=O) groups is 1. The third-order valence-electron chi connectivity index (χ3n) is 4.31. The lowest BCUT2D eigenvalue weighted by atomic mass is 10.2. The van der Waals surface area contributed by atoms with Crippen LogP contribution in [0.3, 0.4) is 0 Å². The van der Waals surface area contributed by atoms with Crippen LogP contribution in [-0.2, 0) is 17.9 Å². The maximum absolute atomic E-state index is 12.7. The summed E-state index contributed by atoms with van der Waals surface area (Å²) in [5.74, 6) is 0.933. The zero-order valence-corrected chi connectivity index (χ0v) is 15.7. The summed E-state index contributed by atoms with van der Waals surface area (Å²) < 4.78 is 13.3. The van der Waals surface area contributed by atoms with Crippen LogP contribution in [0.2, 0.25) is 0 Å². The van der Waals surface area contributed by atoms with Gasteiger partial charge in [0.15, 0.2) is 5.76 Å². The molecular formula is C20H19N5O4. The highest BCUT2D eigenvalue weighted by Gasteiger charge is 2.13. The molecule has 9 heteroatoms. The van der Waals surface area contributed by atoms with Gasteiger partial charge in [-0.1, -0.05) is 18.2 Å².